The molecule has 2 aromatic heterocycles. The first-order chi connectivity index (χ1) is 12.1. The molecule has 8 nitrogen and oxygen atoms in total. The minimum atomic E-state index is -0.461. The average molecular weight is 358 g/mol. The van der Waals surface area contributed by atoms with E-state index in [2.05, 4.69) is 9.97 Å². The van der Waals surface area contributed by atoms with Crippen molar-refractivity contribution in [1.29, 1.82) is 0 Å². The highest BCUT2D eigenvalue weighted by Gasteiger charge is 2.28. The van der Waals surface area contributed by atoms with Gasteiger partial charge in [-0.1, -0.05) is 6.07 Å². The molecule has 1 aliphatic heterocycles. The third kappa shape index (κ3) is 2.87. The van der Waals surface area contributed by atoms with Crippen molar-refractivity contribution in [2.45, 2.75) is 6.10 Å². The van der Waals surface area contributed by atoms with E-state index >= 15 is 0 Å². The molecular formula is C16H14N4O4S. The number of nitrogens with one attached hydrogen (secondary N) is 1. The predicted octanol–water partition coefficient (Wildman–Crippen LogP) is 2.47. The van der Waals surface area contributed by atoms with E-state index in [9.17, 15) is 14.9 Å². The summed E-state index contributed by atoms with van der Waals surface area (Å²) in [6.07, 6.45) is 1.17. The number of hydrogen-bond acceptors (Lipinski definition) is 7. The Morgan fingerprint density at radius 1 is 1.44 bits per heavy atom. The van der Waals surface area contributed by atoms with Crippen LogP contribution in [0.25, 0.3) is 10.9 Å². The largest absolute Gasteiger partial charge is 0.369 e. The standard InChI is InChI=1S/C16H14N4O4S/c21-16-10-6-13(20(22)23)12(7-11(10)17-9-18-16)19-3-4-24-14(8-19)15-2-1-5-25-15/h1-2,5-7,9,14H,3-4,8H2,(H,17,18,21). The van der Waals surface area contributed by atoms with Gasteiger partial charge < -0.3 is 14.6 Å². The zero-order valence-electron chi connectivity index (χ0n) is 13.0. The van der Waals surface area contributed by atoms with Crippen molar-refractivity contribution in [3.05, 3.63) is 61.3 Å². The van der Waals surface area contributed by atoms with Crippen molar-refractivity contribution in [3.63, 3.8) is 0 Å². The summed E-state index contributed by atoms with van der Waals surface area (Å²) in [5.74, 6) is 0. The number of nitro groups is 1. The molecule has 0 radical (unpaired) electrons. The minimum Gasteiger partial charge on any atom is -0.369 e. The fourth-order valence-corrected chi connectivity index (χ4v) is 3.77. The Hall–Kier alpha value is -2.78. The van der Waals surface area contributed by atoms with Crippen LogP contribution in [0.2, 0.25) is 0 Å². The van der Waals surface area contributed by atoms with Crippen molar-refractivity contribution in [2.24, 2.45) is 0 Å². The van der Waals surface area contributed by atoms with Crippen molar-refractivity contribution in [3.8, 4) is 0 Å². The molecule has 1 N–H and O–H groups in total. The lowest BCUT2D eigenvalue weighted by Gasteiger charge is -2.33. The van der Waals surface area contributed by atoms with E-state index < -0.39 is 10.5 Å². The van der Waals surface area contributed by atoms with Crippen LogP contribution in [-0.4, -0.2) is 34.6 Å². The molecule has 9 heteroatoms. The van der Waals surface area contributed by atoms with Crippen LogP contribution in [0, 0.1) is 10.1 Å². The van der Waals surface area contributed by atoms with E-state index in [1.165, 1.54) is 12.4 Å². The van der Waals surface area contributed by atoms with Gasteiger partial charge in [-0.15, -0.1) is 11.3 Å². The van der Waals surface area contributed by atoms with Gasteiger partial charge in [-0.25, -0.2) is 4.98 Å². The Morgan fingerprint density at radius 2 is 2.32 bits per heavy atom. The molecule has 1 saturated heterocycles. The number of benzene rings is 1. The number of aromatic nitrogens is 2. The molecule has 0 aliphatic carbocycles. The van der Waals surface area contributed by atoms with Gasteiger partial charge in [-0.05, 0) is 17.5 Å². The molecule has 4 rings (SSSR count). The zero-order chi connectivity index (χ0) is 17.4. The van der Waals surface area contributed by atoms with Crippen LogP contribution in [0.3, 0.4) is 0 Å². The first kappa shape index (κ1) is 15.7. The molecule has 128 valence electrons. The van der Waals surface area contributed by atoms with E-state index in [4.69, 9.17) is 4.74 Å². The summed E-state index contributed by atoms with van der Waals surface area (Å²) in [6.45, 7) is 1.52. The third-order valence-corrected chi connectivity index (χ3v) is 5.17. The van der Waals surface area contributed by atoms with Gasteiger partial charge in [0.25, 0.3) is 11.2 Å². The molecule has 0 spiro atoms. The molecular weight excluding hydrogens is 344 g/mol. The van der Waals surface area contributed by atoms with Gasteiger partial charge in [0.2, 0.25) is 0 Å². The summed E-state index contributed by atoms with van der Waals surface area (Å²) in [5, 5.41) is 13.7. The van der Waals surface area contributed by atoms with Gasteiger partial charge in [-0.2, -0.15) is 0 Å². The molecule has 1 unspecified atom stereocenters. The van der Waals surface area contributed by atoms with Crippen LogP contribution in [-0.2, 0) is 4.74 Å². The van der Waals surface area contributed by atoms with Crippen molar-refractivity contribution < 1.29 is 9.66 Å². The molecule has 1 aromatic carbocycles. The predicted molar refractivity (Wildman–Crippen MR) is 94.2 cm³/mol. The second-order valence-electron chi connectivity index (χ2n) is 5.67. The molecule has 1 aliphatic rings. The smallest absolute Gasteiger partial charge is 0.293 e. The van der Waals surface area contributed by atoms with Gasteiger partial charge >= 0.3 is 0 Å². The molecule has 0 bridgehead atoms. The van der Waals surface area contributed by atoms with Gasteiger partial charge in [0.15, 0.2) is 0 Å². The van der Waals surface area contributed by atoms with Gasteiger partial charge in [0.05, 0.1) is 28.8 Å². The van der Waals surface area contributed by atoms with Gasteiger partial charge in [-0.3, -0.25) is 14.9 Å². The number of thiophene rings is 1. The number of morpholine rings is 1. The number of ether oxygens (including phenoxy) is 1. The summed E-state index contributed by atoms with van der Waals surface area (Å²) in [7, 11) is 0. The van der Waals surface area contributed by atoms with Crippen LogP contribution < -0.4 is 10.5 Å². The van der Waals surface area contributed by atoms with Gasteiger partial charge in [0.1, 0.15) is 11.8 Å². The summed E-state index contributed by atoms with van der Waals surface area (Å²) < 4.78 is 5.81. The quantitative estimate of drug-likeness (QED) is 0.570. The number of anilines is 1. The Balaban J connectivity index is 1.78. The Morgan fingerprint density at radius 3 is 3.08 bits per heavy atom. The maximum Gasteiger partial charge on any atom is 0.293 e. The summed E-state index contributed by atoms with van der Waals surface area (Å²) in [4.78, 5) is 32.6. The second-order valence-corrected chi connectivity index (χ2v) is 6.65. The van der Waals surface area contributed by atoms with Crippen LogP contribution in [0.5, 0.6) is 0 Å². The van der Waals surface area contributed by atoms with E-state index in [1.54, 1.807) is 17.4 Å². The van der Waals surface area contributed by atoms with Crippen molar-refractivity contribution >= 4 is 33.6 Å². The van der Waals surface area contributed by atoms with E-state index in [-0.39, 0.29) is 17.2 Å². The van der Waals surface area contributed by atoms with E-state index in [0.29, 0.717) is 30.9 Å². The fraction of sp³-hybridized carbons (Fsp3) is 0.250. The molecule has 1 fully saturated rings. The lowest BCUT2D eigenvalue weighted by Crippen LogP contribution is -2.38. The average Bonchev–Trinajstić information content (AvgIpc) is 3.16. The molecule has 3 aromatic rings. The number of H-pyrrole nitrogens is 1. The molecule has 0 saturated carbocycles. The maximum atomic E-state index is 11.9. The lowest BCUT2D eigenvalue weighted by atomic mass is 10.1. The zero-order valence-corrected chi connectivity index (χ0v) is 13.9. The fourth-order valence-electron chi connectivity index (χ4n) is 3.01. The number of hydrogen-bond donors (Lipinski definition) is 1. The number of nitro benzene ring substituents is 1. The van der Waals surface area contributed by atoms with Crippen LogP contribution in [0.4, 0.5) is 11.4 Å². The van der Waals surface area contributed by atoms with Crippen molar-refractivity contribution in [1.82, 2.24) is 9.97 Å². The second kappa shape index (κ2) is 6.26. The summed E-state index contributed by atoms with van der Waals surface area (Å²) in [6, 6.07) is 6.86. The topological polar surface area (TPSA) is 101 Å². The van der Waals surface area contributed by atoms with Crippen LogP contribution in [0.1, 0.15) is 11.0 Å². The normalized spacial score (nSPS) is 17.8. The molecule has 3 heterocycles. The Labute approximate surface area is 145 Å². The summed E-state index contributed by atoms with van der Waals surface area (Å²) in [5.41, 5.74) is 0.403. The summed E-state index contributed by atoms with van der Waals surface area (Å²) >= 11 is 1.60. The first-order valence-electron chi connectivity index (χ1n) is 7.69. The van der Waals surface area contributed by atoms with Crippen LogP contribution >= 0.6 is 11.3 Å². The number of rotatable bonds is 3. The Bertz CT molecular complexity index is 985. The number of nitrogens with zero attached hydrogens (tertiary/aromatic N) is 3. The monoisotopic (exact) mass is 358 g/mol. The molecule has 0 amide bonds. The van der Waals surface area contributed by atoms with Crippen LogP contribution in [0.15, 0.2) is 40.8 Å². The maximum absolute atomic E-state index is 11.9. The minimum absolute atomic E-state index is 0.0992. The lowest BCUT2D eigenvalue weighted by molar-refractivity contribution is -0.384. The van der Waals surface area contributed by atoms with E-state index in [0.717, 1.165) is 4.88 Å². The number of aromatic amines is 1. The highest BCUT2D eigenvalue weighted by molar-refractivity contribution is 7.10. The first-order valence-corrected chi connectivity index (χ1v) is 8.57. The Kier molecular flexibility index (Phi) is 3.94. The van der Waals surface area contributed by atoms with Gasteiger partial charge in [0, 0.05) is 24.0 Å². The molecule has 25 heavy (non-hydrogen) atoms. The highest BCUT2D eigenvalue weighted by atomic mass is 32.1. The van der Waals surface area contributed by atoms with Crippen molar-refractivity contribution in [2.75, 3.05) is 24.6 Å². The van der Waals surface area contributed by atoms with E-state index in [1.807, 2.05) is 22.4 Å². The SMILES string of the molecule is O=c1[nH]cnc2cc(N3CCOC(c4cccs4)C3)c([N+](=O)[O-])cc12. The molecule has 1 atom stereocenters. The highest BCUT2D eigenvalue weighted by Crippen LogP contribution is 2.35. The number of fused-ring (bicyclic) bond motifs is 1. The third-order valence-electron chi connectivity index (χ3n) is 4.20.